The van der Waals surface area contributed by atoms with Crippen molar-refractivity contribution in [2.45, 2.75) is 32.9 Å². The first-order chi connectivity index (χ1) is 13.1. The highest BCUT2D eigenvalue weighted by Gasteiger charge is 2.33. The number of nitrogens with zero attached hydrogens (tertiary/aromatic N) is 4. The van der Waals surface area contributed by atoms with Gasteiger partial charge < -0.3 is 14.5 Å². The lowest BCUT2D eigenvalue weighted by atomic mass is 10.1. The van der Waals surface area contributed by atoms with Crippen LogP contribution in [-0.2, 0) is 22.5 Å². The minimum Gasteiger partial charge on any atom is -0.365 e. The smallest absolute Gasteiger partial charge is 0.253 e. The summed E-state index contributed by atoms with van der Waals surface area (Å²) in [5, 5.41) is 11.6. The van der Waals surface area contributed by atoms with Crippen molar-refractivity contribution in [1.29, 1.82) is 5.26 Å². The van der Waals surface area contributed by atoms with Gasteiger partial charge in [-0.3, -0.25) is 4.79 Å². The number of carbonyl (C=O) groups excluding carboxylic acids is 1. The maximum Gasteiger partial charge on any atom is 0.253 e. The molecule has 1 unspecified atom stereocenters. The third-order valence-electron chi connectivity index (χ3n) is 5.20. The molecule has 0 radical (unpaired) electrons. The minimum absolute atomic E-state index is 0.0273. The molecule has 0 aliphatic carbocycles. The van der Waals surface area contributed by atoms with E-state index < -0.39 is 6.10 Å². The Hall–Kier alpha value is -2.43. The molecule has 1 saturated heterocycles. The van der Waals surface area contributed by atoms with Crippen LogP contribution in [-0.4, -0.2) is 48.1 Å². The van der Waals surface area contributed by atoms with Crippen molar-refractivity contribution in [1.82, 2.24) is 9.88 Å². The summed E-state index contributed by atoms with van der Waals surface area (Å²) in [6.45, 7) is 6.74. The summed E-state index contributed by atoms with van der Waals surface area (Å²) in [5.41, 5.74) is 3.61. The third-order valence-corrected chi connectivity index (χ3v) is 6.22. The monoisotopic (exact) mass is 382 g/mol. The number of carbonyl (C=O) groups is 1. The van der Waals surface area contributed by atoms with Gasteiger partial charge in [0.25, 0.3) is 5.91 Å². The zero-order chi connectivity index (χ0) is 19.0. The number of hydrogen-bond donors (Lipinski definition) is 0. The average molecular weight is 382 g/mol. The van der Waals surface area contributed by atoms with Gasteiger partial charge in [0.2, 0.25) is 0 Å². The molecule has 27 heavy (non-hydrogen) atoms. The summed E-state index contributed by atoms with van der Waals surface area (Å²) in [7, 11) is 0. The number of morpholine rings is 1. The molecule has 4 heterocycles. The minimum atomic E-state index is -0.520. The molecule has 0 bridgehead atoms. The topological polar surface area (TPSA) is 69.5 Å². The second-order valence-corrected chi connectivity index (χ2v) is 8.08. The van der Waals surface area contributed by atoms with Gasteiger partial charge in [0.1, 0.15) is 11.9 Å². The molecule has 0 aromatic carbocycles. The predicted molar refractivity (Wildman–Crippen MR) is 104 cm³/mol. The van der Waals surface area contributed by atoms with E-state index in [1.54, 1.807) is 11.3 Å². The van der Waals surface area contributed by atoms with Gasteiger partial charge in [-0.05, 0) is 48.9 Å². The van der Waals surface area contributed by atoms with Crippen molar-refractivity contribution < 1.29 is 9.53 Å². The number of amides is 1. The Morgan fingerprint density at radius 2 is 2.26 bits per heavy atom. The van der Waals surface area contributed by atoms with E-state index in [-0.39, 0.29) is 5.91 Å². The van der Waals surface area contributed by atoms with Crippen molar-refractivity contribution >= 4 is 23.1 Å². The fourth-order valence-electron chi connectivity index (χ4n) is 3.82. The zero-order valence-electron chi connectivity index (χ0n) is 15.6. The van der Waals surface area contributed by atoms with Gasteiger partial charge in [0, 0.05) is 30.2 Å². The Morgan fingerprint density at radius 3 is 3.07 bits per heavy atom. The number of fused-ring (bicyclic) bond motifs is 1. The number of anilines is 1. The van der Waals surface area contributed by atoms with E-state index in [9.17, 15) is 10.1 Å². The number of aromatic nitrogens is 1. The van der Waals surface area contributed by atoms with Gasteiger partial charge >= 0.3 is 0 Å². The van der Waals surface area contributed by atoms with Crippen LogP contribution in [0.25, 0.3) is 0 Å². The summed E-state index contributed by atoms with van der Waals surface area (Å²) in [5.74, 6) is 0.689. The summed E-state index contributed by atoms with van der Waals surface area (Å²) in [6.07, 6.45) is 0.389. The number of ether oxygens (including phenoxy) is 1. The Morgan fingerprint density at radius 1 is 1.41 bits per heavy atom. The SMILES string of the molecule is Cc1cc(C)c(C#N)c(N2CCOC(C(=O)N3CCc4sccc4C3)C2)n1. The first-order valence-corrected chi connectivity index (χ1v) is 10.0. The molecule has 2 aromatic heterocycles. The maximum atomic E-state index is 13.0. The molecule has 2 aliphatic heterocycles. The second kappa shape index (κ2) is 7.29. The molecule has 4 rings (SSSR count). The fraction of sp³-hybridized carbons (Fsp3) is 0.450. The van der Waals surface area contributed by atoms with E-state index in [1.807, 2.05) is 29.7 Å². The Kier molecular flexibility index (Phi) is 4.85. The summed E-state index contributed by atoms with van der Waals surface area (Å²) < 4.78 is 5.81. The normalized spacial score (nSPS) is 19.5. The van der Waals surface area contributed by atoms with Gasteiger partial charge in [0.05, 0.1) is 18.7 Å². The van der Waals surface area contributed by atoms with Crippen LogP contribution in [0.5, 0.6) is 0 Å². The lowest BCUT2D eigenvalue weighted by Crippen LogP contribution is -2.52. The maximum absolute atomic E-state index is 13.0. The molecule has 6 nitrogen and oxygen atoms in total. The van der Waals surface area contributed by atoms with Crippen LogP contribution in [0.4, 0.5) is 5.82 Å². The Labute approximate surface area is 163 Å². The van der Waals surface area contributed by atoms with Crippen molar-refractivity contribution in [2.24, 2.45) is 0 Å². The molecule has 2 aliphatic rings. The molecule has 1 amide bonds. The van der Waals surface area contributed by atoms with Gasteiger partial charge in [-0.15, -0.1) is 11.3 Å². The van der Waals surface area contributed by atoms with E-state index in [1.165, 1.54) is 10.4 Å². The lowest BCUT2D eigenvalue weighted by Gasteiger charge is -2.37. The van der Waals surface area contributed by atoms with Crippen LogP contribution in [0.15, 0.2) is 17.5 Å². The van der Waals surface area contributed by atoms with Crippen LogP contribution >= 0.6 is 11.3 Å². The number of pyridine rings is 1. The van der Waals surface area contributed by atoms with E-state index in [0.29, 0.717) is 37.6 Å². The predicted octanol–water partition coefficient (Wildman–Crippen LogP) is 2.42. The Balaban J connectivity index is 1.52. The first kappa shape index (κ1) is 18.0. The van der Waals surface area contributed by atoms with Gasteiger partial charge in [-0.2, -0.15) is 5.26 Å². The van der Waals surface area contributed by atoms with Crippen LogP contribution in [0.1, 0.15) is 27.3 Å². The van der Waals surface area contributed by atoms with E-state index in [4.69, 9.17) is 4.74 Å². The molecule has 1 atom stereocenters. The van der Waals surface area contributed by atoms with Crippen LogP contribution in [0.2, 0.25) is 0 Å². The average Bonchev–Trinajstić information content (AvgIpc) is 3.14. The van der Waals surface area contributed by atoms with Gasteiger partial charge in [0.15, 0.2) is 6.10 Å². The highest BCUT2D eigenvalue weighted by molar-refractivity contribution is 7.10. The first-order valence-electron chi connectivity index (χ1n) is 9.15. The van der Waals surface area contributed by atoms with Crippen molar-refractivity contribution in [2.75, 3.05) is 31.1 Å². The second-order valence-electron chi connectivity index (χ2n) is 7.08. The Bertz CT molecular complexity index is 917. The molecule has 1 fully saturated rings. The van der Waals surface area contributed by atoms with Crippen molar-refractivity contribution in [3.8, 4) is 6.07 Å². The number of rotatable bonds is 2. The van der Waals surface area contributed by atoms with Crippen LogP contribution in [0.3, 0.4) is 0 Å². The largest absolute Gasteiger partial charge is 0.365 e. The standard InChI is InChI=1S/C20H22N4O2S/c1-13-9-14(2)22-19(16(13)10-21)23-6-7-26-17(12-23)20(25)24-5-3-18-15(11-24)4-8-27-18/h4,8-9,17H,3,5-7,11-12H2,1-2H3. The summed E-state index contributed by atoms with van der Waals surface area (Å²) >= 11 is 1.76. The number of aryl methyl sites for hydroxylation is 2. The van der Waals surface area contributed by atoms with E-state index in [2.05, 4.69) is 22.5 Å². The highest BCUT2D eigenvalue weighted by Crippen LogP contribution is 2.27. The molecular formula is C20H22N4O2S. The van der Waals surface area contributed by atoms with Gasteiger partial charge in [-0.1, -0.05) is 0 Å². The summed E-state index contributed by atoms with van der Waals surface area (Å²) in [4.78, 5) is 22.9. The van der Waals surface area contributed by atoms with Crippen molar-refractivity contribution in [3.05, 3.63) is 44.8 Å². The number of thiophene rings is 1. The molecular weight excluding hydrogens is 360 g/mol. The van der Waals surface area contributed by atoms with Gasteiger partial charge in [-0.25, -0.2) is 4.98 Å². The van der Waals surface area contributed by atoms with E-state index in [0.717, 1.165) is 24.2 Å². The van der Waals surface area contributed by atoms with Crippen LogP contribution in [0, 0.1) is 25.2 Å². The number of hydrogen-bond acceptors (Lipinski definition) is 6. The zero-order valence-corrected chi connectivity index (χ0v) is 16.4. The van der Waals surface area contributed by atoms with Crippen LogP contribution < -0.4 is 4.90 Å². The fourth-order valence-corrected chi connectivity index (χ4v) is 4.71. The van der Waals surface area contributed by atoms with E-state index >= 15 is 0 Å². The molecule has 0 spiro atoms. The number of nitriles is 1. The molecule has 0 saturated carbocycles. The molecule has 7 heteroatoms. The summed E-state index contributed by atoms with van der Waals surface area (Å²) in [6, 6.07) is 6.28. The molecule has 140 valence electrons. The van der Waals surface area contributed by atoms with Crippen molar-refractivity contribution in [3.63, 3.8) is 0 Å². The lowest BCUT2D eigenvalue weighted by molar-refractivity contribution is -0.145. The third kappa shape index (κ3) is 3.43. The highest BCUT2D eigenvalue weighted by atomic mass is 32.1. The molecule has 0 N–H and O–H groups in total. The quantitative estimate of drug-likeness (QED) is 0.798. The molecule has 2 aromatic rings.